The molecule has 3 aromatic rings. The third-order valence-electron chi connectivity index (χ3n) is 8.67. The average Bonchev–Trinajstić information content (AvgIpc) is 3.10. The molecule has 1 atom stereocenters. The fourth-order valence-electron chi connectivity index (χ4n) is 5.67. The van der Waals surface area contributed by atoms with E-state index < -0.39 is 12.0 Å². The van der Waals surface area contributed by atoms with E-state index in [0.717, 1.165) is 40.0 Å². The molecule has 3 aromatic carbocycles. The topological polar surface area (TPSA) is 106 Å². The van der Waals surface area contributed by atoms with E-state index in [4.69, 9.17) is 37.4 Å². The standard InChI is InChI=1S/C40H46Cl2N2O6/c1-5-28-20-29(6-2)39(45)43-18-8-7-15-35(40(46)47)44-23-31-21-34(42)38(22-37(31)49-24-28)50-25-30-12-9-13-32(26(30)3)33-14-10-16-36(27(33)4)48-19-11-17-41/h5-6,9-10,12-14,16,20-22,35,44H,1,7-8,11,15,17-19,23-25H2,2-4H3,(H,43,45)(H,46,47)/b28-20+,29-6+. The van der Waals surface area contributed by atoms with Gasteiger partial charge in [-0.1, -0.05) is 60.7 Å². The summed E-state index contributed by atoms with van der Waals surface area (Å²) in [6.07, 6.45) is 7.57. The number of carbonyl (C=O) groups excluding carboxylic acids is 1. The molecular formula is C40H46Cl2N2O6. The Kier molecular flexibility index (Phi) is 14.8. The van der Waals surface area contributed by atoms with Crippen molar-refractivity contribution in [2.75, 3.05) is 25.6 Å². The zero-order valence-electron chi connectivity index (χ0n) is 29.0. The van der Waals surface area contributed by atoms with Gasteiger partial charge in [-0.05, 0) is 98.1 Å². The number of allylic oxidation sites excluding steroid dienone is 1. The molecule has 8 nitrogen and oxygen atoms in total. The largest absolute Gasteiger partial charge is 0.493 e. The second-order valence-corrected chi connectivity index (χ2v) is 12.9. The van der Waals surface area contributed by atoms with Crippen LogP contribution >= 0.6 is 23.2 Å². The molecule has 1 aliphatic heterocycles. The van der Waals surface area contributed by atoms with Crippen LogP contribution in [0.3, 0.4) is 0 Å². The Hall–Kier alpha value is -4.24. The average molecular weight is 722 g/mol. The summed E-state index contributed by atoms with van der Waals surface area (Å²) in [4.78, 5) is 24.8. The van der Waals surface area contributed by atoms with Gasteiger partial charge in [0, 0.05) is 36.2 Å². The molecular weight excluding hydrogens is 675 g/mol. The first-order valence-electron chi connectivity index (χ1n) is 16.9. The first-order chi connectivity index (χ1) is 24.2. The number of alkyl halides is 1. The Labute approximate surface area is 305 Å². The number of ether oxygens (including phenoxy) is 3. The summed E-state index contributed by atoms with van der Waals surface area (Å²) >= 11 is 12.6. The molecule has 266 valence electrons. The number of carbonyl (C=O) groups is 2. The molecule has 1 amide bonds. The van der Waals surface area contributed by atoms with Gasteiger partial charge < -0.3 is 30.0 Å². The molecule has 4 rings (SSSR count). The van der Waals surface area contributed by atoms with Crippen LogP contribution in [0.5, 0.6) is 17.2 Å². The predicted molar refractivity (Wildman–Crippen MR) is 201 cm³/mol. The number of fused-ring (bicyclic) bond motifs is 1. The van der Waals surface area contributed by atoms with Gasteiger partial charge in [0.25, 0.3) is 5.91 Å². The third kappa shape index (κ3) is 10.4. The molecule has 0 fully saturated rings. The maximum atomic E-state index is 12.8. The van der Waals surface area contributed by atoms with Gasteiger partial charge in [-0.25, -0.2) is 0 Å². The number of hydrogen-bond donors (Lipinski definition) is 3. The number of halogens is 2. The Morgan fingerprint density at radius 1 is 1.08 bits per heavy atom. The van der Waals surface area contributed by atoms with Crippen LogP contribution in [0.4, 0.5) is 0 Å². The molecule has 1 aliphatic rings. The SMILES string of the molecule is C=C/C1=C\C(=C/C)C(=O)NCCCCC(C(=O)O)NCc2cc(Cl)c(OCc3cccc(-c4cccc(OCCCCl)c4C)c3C)cc2OC1. The Balaban J connectivity index is 1.62. The molecule has 50 heavy (non-hydrogen) atoms. The van der Waals surface area contributed by atoms with Crippen LogP contribution in [-0.2, 0) is 22.7 Å². The monoisotopic (exact) mass is 720 g/mol. The predicted octanol–water partition coefficient (Wildman–Crippen LogP) is 8.49. The van der Waals surface area contributed by atoms with Gasteiger partial charge in [-0.15, -0.1) is 11.6 Å². The van der Waals surface area contributed by atoms with E-state index in [1.165, 1.54) is 0 Å². The zero-order chi connectivity index (χ0) is 36.0. The molecule has 1 heterocycles. The highest BCUT2D eigenvalue weighted by Crippen LogP contribution is 2.36. The molecule has 0 saturated carbocycles. The Bertz CT molecular complexity index is 1730. The van der Waals surface area contributed by atoms with Crippen LogP contribution in [0.1, 0.15) is 54.9 Å². The lowest BCUT2D eigenvalue weighted by atomic mass is 9.93. The number of nitrogens with one attached hydrogen (secondary N) is 2. The summed E-state index contributed by atoms with van der Waals surface area (Å²) in [5.41, 5.74) is 7.11. The van der Waals surface area contributed by atoms with Crippen LogP contribution in [0.25, 0.3) is 11.1 Å². The fourth-order valence-corrected chi connectivity index (χ4v) is 6.02. The molecule has 0 aromatic heterocycles. The molecule has 0 radical (unpaired) electrons. The number of carboxylic acid groups (broad SMARTS) is 1. The summed E-state index contributed by atoms with van der Waals surface area (Å²) in [5.74, 6) is 1.11. The highest BCUT2D eigenvalue weighted by Gasteiger charge is 2.20. The number of hydrogen-bond acceptors (Lipinski definition) is 6. The van der Waals surface area contributed by atoms with Gasteiger partial charge in [0.2, 0.25) is 0 Å². The highest BCUT2D eigenvalue weighted by molar-refractivity contribution is 6.32. The quantitative estimate of drug-likeness (QED) is 0.110. The van der Waals surface area contributed by atoms with Gasteiger partial charge in [0.1, 0.15) is 36.5 Å². The van der Waals surface area contributed by atoms with E-state index >= 15 is 0 Å². The minimum absolute atomic E-state index is 0.111. The molecule has 0 spiro atoms. The van der Waals surface area contributed by atoms with Crippen LogP contribution in [0, 0.1) is 13.8 Å². The minimum Gasteiger partial charge on any atom is -0.493 e. The van der Waals surface area contributed by atoms with Gasteiger partial charge >= 0.3 is 5.97 Å². The van der Waals surface area contributed by atoms with Crippen molar-refractivity contribution in [1.82, 2.24) is 10.6 Å². The lowest BCUT2D eigenvalue weighted by molar-refractivity contribution is -0.139. The summed E-state index contributed by atoms with van der Waals surface area (Å²) in [7, 11) is 0. The summed E-state index contributed by atoms with van der Waals surface area (Å²) in [6.45, 7) is 11.4. The van der Waals surface area contributed by atoms with Gasteiger partial charge in [-0.2, -0.15) is 0 Å². The van der Waals surface area contributed by atoms with Crippen molar-refractivity contribution in [2.45, 2.75) is 65.6 Å². The first-order valence-corrected chi connectivity index (χ1v) is 17.8. The molecule has 0 aliphatic carbocycles. The molecule has 0 bridgehead atoms. The summed E-state index contributed by atoms with van der Waals surface area (Å²) in [6, 6.07) is 14.9. The van der Waals surface area contributed by atoms with Gasteiger partial charge in [0.15, 0.2) is 0 Å². The molecule has 10 heteroatoms. The van der Waals surface area contributed by atoms with Crippen LogP contribution in [-0.4, -0.2) is 48.7 Å². The van der Waals surface area contributed by atoms with Crippen molar-refractivity contribution in [3.05, 3.63) is 112 Å². The fraction of sp³-hybridized carbons (Fsp3) is 0.350. The molecule has 3 N–H and O–H groups in total. The van der Waals surface area contributed by atoms with Crippen molar-refractivity contribution >= 4 is 35.1 Å². The second kappa shape index (κ2) is 19.2. The van der Waals surface area contributed by atoms with E-state index in [1.807, 2.05) is 24.3 Å². The maximum Gasteiger partial charge on any atom is 0.320 e. The van der Waals surface area contributed by atoms with Crippen molar-refractivity contribution in [2.24, 2.45) is 0 Å². The van der Waals surface area contributed by atoms with E-state index in [0.29, 0.717) is 71.5 Å². The number of benzene rings is 3. The lowest BCUT2D eigenvalue weighted by Crippen LogP contribution is -2.36. The van der Waals surface area contributed by atoms with Gasteiger partial charge in [-0.3, -0.25) is 9.59 Å². The maximum absolute atomic E-state index is 12.8. The van der Waals surface area contributed by atoms with Crippen molar-refractivity contribution in [3.8, 4) is 28.4 Å². The van der Waals surface area contributed by atoms with Crippen LogP contribution in [0.2, 0.25) is 5.02 Å². The Morgan fingerprint density at radius 2 is 1.84 bits per heavy atom. The zero-order valence-corrected chi connectivity index (χ0v) is 30.5. The van der Waals surface area contributed by atoms with E-state index in [-0.39, 0.29) is 25.7 Å². The second-order valence-electron chi connectivity index (χ2n) is 12.1. The number of rotatable bonds is 10. The smallest absolute Gasteiger partial charge is 0.320 e. The van der Waals surface area contributed by atoms with E-state index in [1.54, 1.807) is 37.3 Å². The van der Waals surface area contributed by atoms with Crippen LogP contribution < -0.4 is 24.8 Å². The summed E-state index contributed by atoms with van der Waals surface area (Å²) < 4.78 is 18.6. The van der Waals surface area contributed by atoms with E-state index in [9.17, 15) is 14.7 Å². The Morgan fingerprint density at radius 3 is 2.56 bits per heavy atom. The number of aliphatic carboxylic acids is 1. The van der Waals surface area contributed by atoms with Crippen molar-refractivity contribution < 1.29 is 28.9 Å². The lowest BCUT2D eigenvalue weighted by Gasteiger charge is -2.20. The first kappa shape index (κ1) is 38.6. The van der Waals surface area contributed by atoms with Gasteiger partial charge in [0.05, 0.1) is 11.6 Å². The van der Waals surface area contributed by atoms with Crippen molar-refractivity contribution in [1.29, 1.82) is 0 Å². The summed E-state index contributed by atoms with van der Waals surface area (Å²) in [5, 5.41) is 16.3. The highest BCUT2D eigenvalue weighted by atomic mass is 35.5. The number of amides is 1. The molecule has 1 unspecified atom stereocenters. The van der Waals surface area contributed by atoms with Crippen LogP contribution in [0.15, 0.2) is 84.5 Å². The van der Waals surface area contributed by atoms with Crippen molar-refractivity contribution in [3.63, 3.8) is 0 Å². The minimum atomic E-state index is -0.949. The van der Waals surface area contributed by atoms with E-state index in [2.05, 4.69) is 43.2 Å². The molecule has 0 saturated heterocycles. The number of carboxylic acids is 1. The third-order valence-corrected chi connectivity index (χ3v) is 9.23. The normalized spacial score (nSPS) is 17.9.